The molecule has 0 saturated carbocycles. The molecule has 0 bridgehead atoms. The maximum absolute atomic E-state index is 12.6. The molecule has 0 aliphatic carbocycles. The van der Waals surface area contributed by atoms with Crippen molar-refractivity contribution in [3.05, 3.63) is 65.5 Å². The first-order valence-electron chi connectivity index (χ1n) is 7.78. The summed E-state index contributed by atoms with van der Waals surface area (Å²) in [5.74, 6) is 0.613. The molecular formula is C19H20N2O2. The normalized spacial score (nSPS) is 12.7. The molecule has 0 spiro atoms. The zero-order valence-electron chi connectivity index (χ0n) is 13.5. The smallest absolute Gasteiger partial charge is 0.193 e. The van der Waals surface area contributed by atoms with Crippen LogP contribution < -0.4 is 0 Å². The Kier molecular flexibility index (Phi) is 4.01. The van der Waals surface area contributed by atoms with Gasteiger partial charge in [-0.15, -0.1) is 0 Å². The summed E-state index contributed by atoms with van der Waals surface area (Å²) < 4.78 is 1.99. The second kappa shape index (κ2) is 5.97. The summed E-state index contributed by atoms with van der Waals surface area (Å²) >= 11 is 0. The van der Waals surface area contributed by atoms with Crippen molar-refractivity contribution in [2.75, 3.05) is 0 Å². The summed E-state index contributed by atoms with van der Waals surface area (Å²) in [6.45, 7) is 5.79. The van der Waals surface area contributed by atoms with Gasteiger partial charge in [-0.2, -0.15) is 0 Å². The molecule has 4 heteroatoms. The van der Waals surface area contributed by atoms with Crippen molar-refractivity contribution in [3.8, 4) is 0 Å². The number of aliphatic hydroxyl groups excluding tert-OH is 1. The monoisotopic (exact) mass is 308 g/mol. The van der Waals surface area contributed by atoms with E-state index < -0.39 is 6.10 Å². The molecule has 23 heavy (non-hydrogen) atoms. The van der Waals surface area contributed by atoms with E-state index in [1.165, 1.54) is 0 Å². The summed E-state index contributed by atoms with van der Waals surface area (Å²) in [4.78, 5) is 17.1. The molecule has 1 N–H and O–H groups in total. The average molecular weight is 308 g/mol. The highest BCUT2D eigenvalue weighted by Gasteiger charge is 2.18. The Morgan fingerprint density at radius 3 is 2.35 bits per heavy atom. The zero-order chi connectivity index (χ0) is 16.6. The largest absolute Gasteiger partial charge is 0.385 e. The molecular weight excluding hydrogens is 288 g/mol. The van der Waals surface area contributed by atoms with Crippen molar-refractivity contribution in [3.63, 3.8) is 0 Å². The number of benzene rings is 2. The highest BCUT2D eigenvalue weighted by molar-refractivity contribution is 6.10. The van der Waals surface area contributed by atoms with Crippen LogP contribution in [0.15, 0.2) is 48.5 Å². The van der Waals surface area contributed by atoms with Gasteiger partial charge in [-0.25, -0.2) is 4.98 Å². The Balaban J connectivity index is 2.15. The van der Waals surface area contributed by atoms with Crippen LogP contribution in [0.25, 0.3) is 11.0 Å². The second-order valence-corrected chi connectivity index (χ2v) is 6.01. The van der Waals surface area contributed by atoms with E-state index in [0.717, 1.165) is 11.0 Å². The van der Waals surface area contributed by atoms with Crippen LogP contribution in [-0.4, -0.2) is 20.4 Å². The van der Waals surface area contributed by atoms with Crippen LogP contribution in [0.4, 0.5) is 0 Å². The van der Waals surface area contributed by atoms with Gasteiger partial charge in [-0.1, -0.05) is 30.3 Å². The van der Waals surface area contributed by atoms with Crippen LogP contribution in [-0.2, 0) is 0 Å². The van der Waals surface area contributed by atoms with Gasteiger partial charge >= 0.3 is 0 Å². The van der Waals surface area contributed by atoms with E-state index in [2.05, 4.69) is 4.98 Å². The quantitative estimate of drug-likeness (QED) is 0.744. The Morgan fingerprint density at radius 1 is 1.04 bits per heavy atom. The number of imidazole rings is 1. The lowest BCUT2D eigenvalue weighted by Crippen LogP contribution is -2.09. The third-order valence-corrected chi connectivity index (χ3v) is 3.91. The lowest BCUT2D eigenvalue weighted by molar-refractivity contribution is 0.103. The minimum Gasteiger partial charge on any atom is -0.385 e. The van der Waals surface area contributed by atoms with E-state index in [-0.39, 0.29) is 11.8 Å². The van der Waals surface area contributed by atoms with E-state index in [0.29, 0.717) is 17.0 Å². The fourth-order valence-electron chi connectivity index (χ4n) is 2.85. The molecule has 1 heterocycles. The second-order valence-electron chi connectivity index (χ2n) is 6.01. The molecule has 0 saturated heterocycles. The predicted octanol–water partition coefficient (Wildman–Crippen LogP) is 3.90. The number of rotatable bonds is 4. The Labute approximate surface area is 135 Å². The number of nitrogens with zero attached hydrogens (tertiary/aromatic N) is 2. The van der Waals surface area contributed by atoms with E-state index in [1.807, 2.05) is 60.9 Å². The van der Waals surface area contributed by atoms with E-state index >= 15 is 0 Å². The summed E-state index contributed by atoms with van der Waals surface area (Å²) in [6.07, 6.45) is -0.655. The van der Waals surface area contributed by atoms with Gasteiger partial charge in [0.25, 0.3) is 0 Å². The number of hydrogen-bond donors (Lipinski definition) is 1. The average Bonchev–Trinajstić information content (AvgIpc) is 2.94. The molecule has 0 amide bonds. The number of hydrogen-bond acceptors (Lipinski definition) is 3. The number of carbonyl (C=O) groups excluding carboxylic acids is 1. The molecule has 118 valence electrons. The molecule has 0 aliphatic rings. The Bertz CT molecular complexity index is 848. The van der Waals surface area contributed by atoms with Gasteiger partial charge in [0.2, 0.25) is 0 Å². The third-order valence-electron chi connectivity index (χ3n) is 3.91. The number of fused-ring (bicyclic) bond motifs is 1. The number of aromatic nitrogens is 2. The molecule has 1 aromatic heterocycles. The highest BCUT2D eigenvalue weighted by Crippen LogP contribution is 2.26. The minimum absolute atomic E-state index is 0.0115. The van der Waals surface area contributed by atoms with Gasteiger partial charge in [0.15, 0.2) is 5.78 Å². The van der Waals surface area contributed by atoms with Gasteiger partial charge in [0, 0.05) is 17.2 Å². The molecule has 2 aromatic carbocycles. The molecule has 0 aliphatic heterocycles. The van der Waals surface area contributed by atoms with E-state index in [9.17, 15) is 9.90 Å². The van der Waals surface area contributed by atoms with Crippen molar-refractivity contribution in [2.24, 2.45) is 0 Å². The first kappa shape index (κ1) is 15.4. The molecule has 1 atom stereocenters. The van der Waals surface area contributed by atoms with Gasteiger partial charge in [0.05, 0.1) is 11.0 Å². The summed E-state index contributed by atoms with van der Waals surface area (Å²) in [6, 6.07) is 14.9. The Morgan fingerprint density at radius 2 is 1.74 bits per heavy atom. The van der Waals surface area contributed by atoms with Crippen molar-refractivity contribution >= 4 is 16.8 Å². The van der Waals surface area contributed by atoms with Crippen LogP contribution in [0, 0.1) is 0 Å². The maximum Gasteiger partial charge on any atom is 0.193 e. The predicted molar refractivity (Wildman–Crippen MR) is 90.6 cm³/mol. The Hall–Kier alpha value is -2.46. The SMILES string of the molecule is CC(O)c1nc2ccc(C(=O)c3ccccc3)cc2n1C(C)C. The molecule has 3 aromatic rings. The molecule has 3 rings (SSSR count). The number of carbonyl (C=O) groups is 1. The first-order valence-corrected chi connectivity index (χ1v) is 7.78. The fourth-order valence-corrected chi connectivity index (χ4v) is 2.85. The molecule has 0 radical (unpaired) electrons. The lowest BCUT2D eigenvalue weighted by atomic mass is 10.0. The summed E-state index contributed by atoms with van der Waals surface area (Å²) in [5.41, 5.74) is 2.96. The van der Waals surface area contributed by atoms with Gasteiger partial charge in [-0.3, -0.25) is 4.79 Å². The topological polar surface area (TPSA) is 55.1 Å². The fraction of sp³-hybridized carbons (Fsp3) is 0.263. The van der Waals surface area contributed by atoms with Gasteiger partial charge in [0.1, 0.15) is 11.9 Å². The van der Waals surface area contributed by atoms with Crippen molar-refractivity contribution < 1.29 is 9.90 Å². The van der Waals surface area contributed by atoms with Crippen molar-refractivity contribution in [2.45, 2.75) is 32.9 Å². The highest BCUT2D eigenvalue weighted by atomic mass is 16.3. The standard InChI is InChI=1S/C19H20N2O2/c1-12(2)21-17-11-15(18(23)14-7-5-4-6-8-14)9-10-16(17)20-19(21)13(3)22/h4-13,22H,1-3H3. The van der Waals surface area contributed by atoms with Crippen LogP contribution in [0.2, 0.25) is 0 Å². The van der Waals surface area contributed by atoms with E-state index in [4.69, 9.17) is 0 Å². The van der Waals surface area contributed by atoms with Crippen molar-refractivity contribution in [1.29, 1.82) is 0 Å². The van der Waals surface area contributed by atoms with Crippen LogP contribution in [0.3, 0.4) is 0 Å². The van der Waals surface area contributed by atoms with Gasteiger partial charge < -0.3 is 9.67 Å². The maximum atomic E-state index is 12.6. The van der Waals surface area contributed by atoms with Crippen LogP contribution >= 0.6 is 0 Å². The molecule has 1 unspecified atom stereocenters. The van der Waals surface area contributed by atoms with Crippen LogP contribution in [0.1, 0.15) is 54.7 Å². The number of ketones is 1. The summed E-state index contributed by atoms with van der Waals surface area (Å²) in [7, 11) is 0. The zero-order valence-corrected chi connectivity index (χ0v) is 13.5. The van der Waals surface area contributed by atoms with E-state index in [1.54, 1.807) is 13.0 Å². The van der Waals surface area contributed by atoms with Crippen molar-refractivity contribution in [1.82, 2.24) is 9.55 Å². The molecule has 4 nitrogen and oxygen atoms in total. The lowest BCUT2D eigenvalue weighted by Gasteiger charge is -2.14. The van der Waals surface area contributed by atoms with Gasteiger partial charge in [-0.05, 0) is 39.0 Å². The number of aliphatic hydroxyl groups is 1. The minimum atomic E-state index is -0.655. The third kappa shape index (κ3) is 2.78. The first-order chi connectivity index (χ1) is 11.0. The molecule has 0 fully saturated rings. The summed E-state index contributed by atoms with van der Waals surface area (Å²) in [5, 5.41) is 9.96. The van der Waals surface area contributed by atoms with Crippen LogP contribution in [0.5, 0.6) is 0 Å².